The van der Waals surface area contributed by atoms with E-state index < -0.39 is 0 Å². The molecule has 0 bridgehead atoms. The Labute approximate surface area is 210 Å². The third-order valence-corrected chi connectivity index (χ3v) is 7.37. The van der Waals surface area contributed by atoms with E-state index in [1.165, 1.54) is 27.8 Å². The van der Waals surface area contributed by atoms with Gasteiger partial charge in [0.2, 0.25) is 0 Å². The van der Waals surface area contributed by atoms with Gasteiger partial charge in [-0.05, 0) is 63.6 Å². The van der Waals surface area contributed by atoms with Crippen LogP contribution in [0.1, 0.15) is 77.8 Å². The minimum atomic E-state index is -0.0534. The topological polar surface area (TPSA) is 25.8 Å². The summed E-state index contributed by atoms with van der Waals surface area (Å²) in [6, 6.07) is 26.3. The molecule has 1 aliphatic carbocycles. The van der Waals surface area contributed by atoms with Crippen molar-refractivity contribution in [2.45, 2.75) is 71.6 Å². The maximum atomic E-state index is 5.04. The summed E-state index contributed by atoms with van der Waals surface area (Å²) < 4.78 is 0. The highest BCUT2D eigenvalue weighted by Crippen LogP contribution is 2.50. The van der Waals surface area contributed by atoms with Crippen LogP contribution in [0.5, 0.6) is 0 Å². The smallest absolute Gasteiger partial charge is 0.0893 e. The summed E-state index contributed by atoms with van der Waals surface area (Å²) in [6.07, 6.45) is 0. The molecule has 35 heavy (non-hydrogen) atoms. The van der Waals surface area contributed by atoms with E-state index in [9.17, 15) is 0 Å². The highest BCUT2D eigenvalue weighted by molar-refractivity contribution is 5.83. The monoisotopic (exact) mass is 460 g/mol. The first-order valence-electron chi connectivity index (χ1n) is 12.6. The lowest BCUT2D eigenvalue weighted by molar-refractivity contribution is 0.569. The second-order valence-corrected chi connectivity index (χ2v) is 12.5. The summed E-state index contributed by atoms with van der Waals surface area (Å²) in [6.45, 7) is 18.1. The van der Waals surface area contributed by atoms with Crippen LogP contribution in [-0.4, -0.2) is 9.97 Å². The van der Waals surface area contributed by atoms with Gasteiger partial charge >= 0.3 is 0 Å². The molecule has 2 aromatic heterocycles. The highest BCUT2D eigenvalue weighted by Gasteiger charge is 2.36. The van der Waals surface area contributed by atoms with Gasteiger partial charge in [-0.15, -0.1) is 0 Å². The Morgan fingerprint density at radius 3 is 1.80 bits per heavy atom. The second-order valence-electron chi connectivity index (χ2n) is 12.5. The van der Waals surface area contributed by atoms with Crippen LogP contribution in [0, 0.1) is 0 Å². The maximum absolute atomic E-state index is 5.04. The van der Waals surface area contributed by atoms with Gasteiger partial charge in [0.25, 0.3) is 0 Å². The molecule has 0 radical (unpaired) electrons. The van der Waals surface area contributed by atoms with Gasteiger partial charge in [0.05, 0.1) is 17.1 Å². The number of hydrogen-bond acceptors (Lipinski definition) is 2. The molecule has 0 N–H and O–H groups in total. The van der Waals surface area contributed by atoms with Gasteiger partial charge in [0, 0.05) is 22.1 Å². The molecular formula is C33H36N2. The normalized spacial score (nSPS) is 14.5. The zero-order valence-corrected chi connectivity index (χ0v) is 22.3. The van der Waals surface area contributed by atoms with Gasteiger partial charge in [-0.1, -0.05) is 97.9 Å². The fourth-order valence-electron chi connectivity index (χ4n) is 5.10. The number of hydrogen-bond donors (Lipinski definition) is 0. The minimum absolute atomic E-state index is 0.00104. The average molecular weight is 461 g/mol. The largest absolute Gasteiger partial charge is 0.251 e. The molecule has 5 rings (SSSR count). The number of fused-ring (bicyclic) bond motifs is 3. The van der Waals surface area contributed by atoms with Crippen molar-refractivity contribution in [2.24, 2.45) is 0 Å². The van der Waals surface area contributed by atoms with Crippen LogP contribution in [-0.2, 0) is 16.2 Å². The number of rotatable bonds is 2. The van der Waals surface area contributed by atoms with Crippen LogP contribution in [0.15, 0.2) is 72.8 Å². The van der Waals surface area contributed by atoms with Crippen LogP contribution in [0.3, 0.4) is 0 Å². The van der Waals surface area contributed by atoms with Crippen molar-refractivity contribution in [2.75, 3.05) is 0 Å². The van der Waals surface area contributed by atoms with Gasteiger partial charge in [0.1, 0.15) is 0 Å². The summed E-state index contributed by atoms with van der Waals surface area (Å²) in [5.74, 6) is 0. The van der Waals surface area contributed by atoms with E-state index in [2.05, 4.69) is 128 Å². The predicted octanol–water partition coefficient (Wildman–Crippen LogP) is 8.71. The molecule has 0 unspecified atom stereocenters. The number of benzene rings is 2. The van der Waals surface area contributed by atoms with Crippen molar-refractivity contribution in [3.63, 3.8) is 0 Å². The van der Waals surface area contributed by atoms with Gasteiger partial charge in [-0.2, -0.15) is 0 Å². The molecule has 0 amide bonds. The number of aromatic nitrogens is 2. The Bertz CT molecular complexity index is 1430. The molecule has 4 aromatic rings. The van der Waals surface area contributed by atoms with Crippen molar-refractivity contribution in [1.29, 1.82) is 0 Å². The van der Waals surface area contributed by atoms with Crippen LogP contribution >= 0.6 is 0 Å². The number of pyridine rings is 2. The molecule has 0 saturated carbocycles. The zero-order valence-electron chi connectivity index (χ0n) is 22.3. The Balaban J connectivity index is 1.56. The van der Waals surface area contributed by atoms with Crippen molar-refractivity contribution < 1.29 is 0 Å². The van der Waals surface area contributed by atoms with Crippen molar-refractivity contribution in [1.82, 2.24) is 9.97 Å². The first-order valence-corrected chi connectivity index (χ1v) is 12.6. The van der Waals surface area contributed by atoms with Gasteiger partial charge in [0.15, 0.2) is 0 Å². The highest BCUT2D eigenvalue weighted by atomic mass is 14.8. The summed E-state index contributed by atoms with van der Waals surface area (Å²) in [5.41, 5.74) is 12.0. The standard InChI is InChI=1S/C33H36N2/c1-31(2,3)22-16-18-24-23-17-15-21(19-25(23)33(7,8)26(24)20-22)27-11-9-12-28(34-27)29-13-10-14-30(35-29)32(4,5)6/h9-20H,1-8H3. The lowest BCUT2D eigenvalue weighted by atomic mass is 9.78. The predicted molar refractivity (Wildman–Crippen MR) is 148 cm³/mol. The molecular weight excluding hydrogens is 424 g/mol. The SMILES string of the molecule is CC(C)(C)c1ccc2c(c1)C(C)(C)c1cc(-c3cccc(-c4cccc(C(C)(C)C)n4)n3)ccc1-2. The summed E-state index contributed by atoms with van der Waals surface area (Å²) in [5, 5.41) is 0. The van der Waals surface area contributed by atoms with Crippen molar-refractivity contribution in [3.8, 4) is 33.8 Å². The lowest BCUT2D eigenvalue weighted by Crippen LogP contribution is -2.17. The maximum Gasteiger partial charge on any atom is 0.0893 e. The first-order chi connectivity index (χ1) is 16.4. The van der Waals surface area contributed by atoms with Crippen molar-refractivity contribution in [3.05, 3.63) is 95.2 Å². The first kappa shape index (κ1) is 23.5. The Kier molecular flexibility index (Phi) is 5.29. The van der Waals surface area contributed by atoms with Gasteiger partial charge < -0.3 is 0 Å². The Morgan fingerprint density at radius 2 is 1.14 bits per heavy atom. The minimum Gasteiger partial charge on any atom is -0.251 e. The van der Waals surface area contributed by atoms with E-state index in [-0.39, 0.29) is 16.2 Å². The van der Waals surface area contributed by atoms with E-state index in [0.717, 1.165) is 28.3 Å². The van der Waals surface area contributed by atoms with Crippen LogP contribution in [0.2, 0.25) is 0 Å². The Morgan fingerprint density at radius 1 is 0.571 bits per heavy atom. The van der Waals surface area contributed by atoms with Gasteiger partial charge in [-0.3, -0.25) is 4.98 Å². The summed E-state index contributed by atoms with van der Waals surface area (Å²) >= 11 is 0. The molecule has 0 aliphatic heterocycles. The molecule has 0 spiro atoms. The molecule has 1 aliphatic rings. The van der Waals surface area contributed by atoms with Gasteiger partial charge in [-0.25, -0.2) is 4.98 Å². The summed E-state index contributed by atoms with van der Waals surface area (Å²) in [4.78, 5) is 9.97. The molecule has 0 fully saturated rings. The molecule has 2 heteroatoms. The van der Waals surface area contributed by atoms with E-state index in [0.29, 0.717) is 0 Å². The van der Waals surface area contributed by atoms with E-state index in [1.807, 2.05) is 0 Å². The molecule has 178 valence electrons. The van der Waals surface area contributed by atoms with Crippen molar-refractivity contribution >= 4 is 0 Å². The zero-order chi connectivity index (χ0) is 25.2. The summed E-state index contributed by atoms with van der Waals surface area (Å²) in [7, 11) is 0. The number of nitrogens with zero attached hydrogens (tertiary/aromatic N) is 2. The van der Waals surface area contributed by atoms with E-state index in [1.54, 1.807) is 0 Å². The van der Waals surface area contributed by atoms with Crippen LogP contribution in [0.25, 0.3) is 33.8 Å². The van der Waals surface area contributed by atoms with Crippen LogP contribution < -0.4 is 0 Å². The fraction of sp³-hybridized carbons (Fsp3) is 0.333. The second kappa shape index (κ2) is 7.88. The average Bonchev–Trinajstić information content (AvgIpc) is 3.04. The van der Waals surface area contributed by atoms with Crippen LogP contribution in [0.4, 0.5) is 0 Å². The third kappa shape index (κ3) is 4.10. The molecule has 2 aromatic carbocycles. The molecule has 2 nitrogen and oxygen atoms in total. The van der Waals surface area contributed by atoms with E-state index in [4.69, 9.17) is 9.97 Å². The fourth-order valence-corrected chi connectivity index (χ4v) is 5.10. The molecule has 2 heterocycles. The third-order valence-electron chi connectivity index (χ3n) is 7.37. The molecule has 0 saturated heterocycles. The Hall–Kier alpha value is -3.26. The lowest BCUT2D eigenvalue weighted by Gasteiger charge is -2.25. The quantitative estimate of drug-likeness (QED) is 0.299. The molecule has 0 atom stereocenters. The van der Waals surface area contributed by atoms with E-state index >= 15 is 0 Å².